The highest BCUT2D eigenvalue weighted by Crippen LogP contribution is 2.31. The van der Waals surface area contributed by atoms with Gasteiger partial charge in [0.2, 0.25) is 0 Å². The van der Waals surface area contributed by atoms with Gasteiger partial charge in [-0.05, 0) is 25.0 Å². The van der Waals surface area contributed by atoms with Crippen molar-refractivity contribution < 1.29 is 14.2 Å². The quantitative estimate of drug-likeness (QED) is 0.785. The summed E-state index contributed by atoms with van der Waals surface area (Å²) in [5, 5.41) is 0. The van der Waals surface area contributed by atoms with Gasteiger partial charge in [-0.25, -0.2) is 0 Å². The molecule has 0 aromatic heterocycles. The monoisotopic (exact) mass is 293 g/mol. The number of ether oxygens (including phenoxy) is 3. The van der Waals surface area contributed by atoms with Crippen LogP contribution in [0.5, 0.6) is 11.5 Å². The first-order valence-electron chi connectivity index (χ1n) is 7.89. The van der Waals surface area contributed by atoms with Gasteiger partial charge in [0, 0.05) is 19.7 Å². The van der Waals surface area contributed by atoms with Gasteiger partial charge >= 0.3 is 0 Å². The molecule has 1 saturated carbocycles. The van der Waals surface area contributed by atoms with Crippen molar-refractivity contribution in [1.82, 2.24) is 0 Å². The number of hydrogen-bond donors (Lipinski definition) is 1. The molecule has 1 aromatic carbocycles. The van der Waals surface area contributed by atoms with Crippen LogP contribution in [-0.4, -0.2) is 32.5 Å². The molecule has 2 rings (SSSR count). The summed E-state index contributed by atoms with van der Waals surface area (Å²) in [5.74, 6) is 1.62. The highest BCUT2D eigenvalue weighted by Gasteiger charge is 2.31. The van der Waals surface area contributed by atoms with Crippen LogP contribution in [0.4, 0.5) is 0 Å². The highest BCUT2D eigenvalue weighted by atomic mass is 16.5. The molecule has 4 nitrogen and oxygen atoms in total. The summed E-state index contributed by atoms with van der Waals surface area (Å²) < 4.78 is 17.3. The van der Waals surface area contributed by atoms with Gasteiger partial charge in [0.1, 0.15) is 30.3 Å². The Morgan fingerprint density at radius 2 is 1.71 bits per heavy atom. The molecule has 0 unspecified atom stereocenters. The zero-order valence-electron chi connectivity index (χ0n) is 13.0. The van der Waals surface area contributed by atoms with Gasteiger partial charge in [-0.1, -0.05) is 31.7 Å². The molecule has 0 bridgehead atoms. The van der Waals surface area contributed by atoms with Crippen molar-refractivity contribution in [2.75, 3.05) is 26.9 Å². The largest absolute Gasteiger partial charge is 0.492 e. The van der Waals surface area contributed by atoms with Crippen LogP contribution in [-0.2, 0) is 4.74 Å². The van der Waals surface area contributed by atoms with E-state index in [9.17, 15) is 0 Å². The number of rotatable bonds is 7. The second-order valence-electron chi connectivity index (χ2n) is 5.70. The smallest absolute Gasteiger partial charge is 0.123 e. The van der Waals surface area contributed by atoms with Crippen LogP contribution in [0.15, 0.2) is 24.3 Å². The molecular weight excluding hydrogens is 266 g/mol. The Labute approximate surface area is 127 Å². The minimum atomic E-state index is -0.134. The summed E-state index contributed by atoms with van der Waals surface area (Å²) in [6, 6.07) is 7.72. The summed E-state index contributed by atoms with van der Waals surface area (Å²) >= 11 is 0. The predicted octanol–water partition coefficient (Wildman–Crippen LogP) is 3.14. The number of nitrogens with two attached hydrogens (primary N) is 1. The molecule has 0 heterocycles. The second-order valence-corrected chi connectivity index (χ2v) is 5.70. The molecule has 1 aliphatic carbocycles. The standard InChI is InChI=1S/C17H27NO3/c1-19-17(9-4-2-3-5-10-17)14-21-16-8-6-7-15(13-16)20-12-11-18/h6-8,13H,2-5,9-12,14,18H2,1H3. The summed E-state index contributed by atoms with van der Waals surface area (Å²) in [4.78, 5) is 0. The molecule has 2 N–H and O–H groups in total. The van der Waals surface area contributed by atoms with Crippen LogP contribution in [0.25, 0.3) is 0 Å². The summed E-state index contributed by atoms with van der Waals surface area (Å²) in [6.45, 7) is 1.63. The van der Waals surface area contributed by atoms with Crippen molar-refractivity contribution in [3.8, 4) is 11.5 Å². The van der Waals surface area contributed by atoms with Gasteiger partial charge in [-0.15, -0.1) is 0 Å². The highest BCUT2D eigenvalue weighted by molar-refractivity contribution is 5.33. The Hall–Kier alpha value is -1.26. The summed E-state index contributed by atoms with van der Waals surface area (Å²) in [6.07, 6.45) is 7.19. The van der Waals surface area contributed by atoms with E-state index >= 15 is 0 Å². The van der Waals surface area contributed by atoms with E-state index in [2.05, 4.69) is 0 Å². The average Bonchev–Trinajstić information content (AvgIpc) is 2.78. The third-order valence-electron chi connectivity index (χ3n) is 4.14. The van der Waals surface area contributed by atoms with Crippen LogP contribution in [0.3, 0.4) is 0 Å². The van der Waals surface area contributed by atoms with Crippen molar-refractivity contribution in [3.63, 3.8) is 0 Å². The Balaban J connectivity index is 1.94. The second kappa shape index (κ2) is 8.25. The van der Waals surface area contributed by atoms with Crippen molar-refractivity contribution in [2.24, 2.45) is 5.73 Å². The van der Waals surface area contributed by atoms with Crippen molar-refractivity contribution in [1.29, 1.82) is 0 Å². The van der Waals surface area contributed by atoms with Crippen molar-refractivity contribution in [3.05, 3.63) is 24.3 Å². The lowest BCUT2D eigenvalue weighted by atomic mass is 9.95. The predicted molar refractivity (Wildman–Crippen MR) is 83.9 cm³/mol. The third kappa shape index (κ3) is 4.90. The van der Waals surface area contributed by atoms with E-state index in [1.807, 2.05) is 24.3 Å². The molecule has 21 heavy (non-hydrogen) atoms. The molecule has 0 aliphatic heterocycles. The van der Waals surface area contributed by atoms with E-state index in [4.69, 9.17) is 19.9 Å². The minimum absolute atomic E-state index is 0.134. The zero-order chi connectivity index (χ0) is 15.0. The van der Waals surface area contributed by atoms with Gasteiger partial charge in [0.05, 0.1) is 0 Å². The fourth-order valence-electron chi connectivity index (χ4n) is 2.83. The molecule has 0 radical (unpaired) electrons. The normalized spacial score (nSPS) is 18.0. The lowest BCUT2D eigenvalue weighted by Crippen LogP contribution is -2.37. The number of methoxy groups -OCH3 is 1. The minimum Gasteiger partial charge on any atom is -0.492 e. The summed E-state index contributed by atoms with van der Waals surface area (Å²) in [5.41, 5.74) is 5.31. The molecule has 1 fully saturated rings. The first-order valence-corrected chi connectivity index (χ1v) is 7.89. The Bertz CT molecular complexity index is 414. The fourth-order valence-corrected chi connectivity index (χ4v) is 2.83. The number of benzene rings is 1. The Kier molecular flexibility index (Phi) is 6.33. The maximum Gasteiger partial charge on any atom is 0.123 e. The molecule has 0 spiro atoms. The first kappa shape index (κ1) is 16.1. The first-order chi connectivity index (χ1) is 10.3. The van der Waals surface area contributed by atoms with Crippen molar-refractivity contribution >= 4 is 0 Å². The molecule has 1 aromatic rings. The van der Waals surface area contributed by atoms with Gasteiger partial charge in [0.15, 0.2) is 0 Å². The molecule has 0 atom stereocenters. The number of hydrogen-bond acceptors (Lipinski definition) is 4. The fraction of sp³-hybridized carbons (Fsp3) is 0.647. The van der Waals surface area contributed by atoms with Crippen LogP contribution >= 0.6 is 0 Å². The molecule has 1 aliphatic rings. The maximum absolute atomic E-state index is 5.98. The van der Waals surface area contributed by atoms with Crippen LogP contribution < -0.4 is 15.2 Å². The molecule has 118 valence electrons. The topological polar surface area (TPSA) is 53.7 Å². The molecule has 0 amide bonds. The molecule has 0 saturated heterocycles. The van der Waals surface area contributed by atoms with E-state index < -0.39 is 0 Å². The van der Waals surface area contributed by atoms with E-state index in [-0.39, 0.29) is 5.60 Å². The Morgan fingerprint density at radius 1 is 1.05 bits per heavy atom. The third-order valence-corrected chi connectivity index (χ3v) is 4.14. The zero-order valence-corrected chi connectivity index (χ0v) is 13.0. The van der Waals surface area contributed by atoms with Gasteiger partial charge in [0.25, 0.3) is 0 Å². The van der Waals surface area contributed by atoms with Crippen molar-refractivity contribution in [2.45, 2.75) is 44.1 Å². The lowest BCUT2D eigenvalue weighted by molar-refractivity contribution is -0.0548. The van der Waals surface area contributed by atoms with Crippen LogP contribution in [0.1, 0.15) is 38.5 Å². The van der Waals surface area contributed by atoms with Gasteiger partial charge in [-0.2, -0.15) is 0 Å². The van der Waals surface area contributed by atoms with Gasteiger partial charge in [-0.3, -0.25) is 0 Å². The molecule has 4 heteroatoms. The SMILES string of the molecule is COC1(COc2cccc(OCCN)c2)CCCCCC1. The van der Waals surface area contributed by atoms with Gasteiger partial charge < -0.3 is 19.9 Å². The van der Waals surface area contributed by atoms with Crippen LogP contribution in [0.2, 0.25) is 0 Å². The average molecular weight is 293 g/mol. The van der Waals surface area contributed by atoms with E-state index in [0.29, 0.717) is 19.8 Å². The van der Waals surface area contributed by atoms with Crippen LogP contribution in [0, 0.1) is 0 Å². The Morgan fingerprint density at radius 3 is 2.33 bits per heavy atom. The van der Waals surface area contributed by atoms with E-state index in [0.717, 1.165) is 24.3 Å². The van der Waals surface area contributed by atoms with E-state index in [1.165, 1.54) is 25.7 Å². The maximum atomic E-state index is 5.98. The molecular formula is C17H27NO3. The summed E-state index contributed by atoms with van der Waals surface area (Å²) in [7, 11) is 1.80. The van der Waals surface area contributed by atoms with E-state index in [1.54, 1.807) is 7.11 Å². The lowest BCUT2D eigenvalue weighted by Gasteiger charge is -2.31.